The molecule has 0 bridgehead atoms. The number of benzene rings is 2. The van der Waals surface area contributed by atoms with Gasteiger partial charge in [-0.2, -0.15) is 0 Å². The van der Waals surface area contributed by atoms with E-state index >= 15 is 4.39 Å². The molecule has 0 aromatic heterocycles. The van der Waals surface area contributed by atoms with Crippen LogP contribution in [-0.2, 0) is 4.74 Å². The molecule has 4 heteroatoms. The van der Waals surface area contributed by atoms with Crippen LogP contribution in [0.15, 0.2) is 18.2 Å². The van der Waals surface area contributed by atoms with Crippen molar-refractivity contribution in [2.75, 3.05) is 6.61 Å². The van der Waals surface area contributed by atoms with Crippen molar-refractivity contribution in [1.82, 2.24) is 0 Å². The summed E-state index contributed by atoms with van der Waals surface area (Å²) in [4.78, 5) is 0. The predicted molar refractivity (Wildman–Crippen MR) is 101 cm³/mol. The van der Waals surface area contributed by atoms with Crippen molar-refractivity contribution in [1.29, 1.82) is 0 Å². The average molecular weight is 374 g/mol. The van der Waals surface area contributed by atoms with E-state index in [-0.39, 0.29) is 34.5 Å². The lowest BCUT2D eigenvalue weighted by Gasteiger charge is -2.32. The van der Waals surface area contributed by atoms with Crippen molar-refractivity contribution in [2.24, 2.45) is 0 Å². The maximum atomic E-state index is 15.2. The highest BCUT2D eigenvalue weighted by Gasteiger charge is 2.35. The highest BCUT2D eigenvalue weighted by Crippen LogP contribution is 2.52. The molecule has 0 heterocycles. The molecular weight excluding hydrogens is 349 g/mol. The van der Waals surface area contributed by atoms with Gasteiger partial charge in [-0.15, -0.1) is 0 Å². The molecule has 0 unspecified atom stereocenters. The van der Waals surface area contributed by atoms with Gasteiger partial charge in [0, 0.05) is 17.7 Å². The molecule has 1 nitrogen and oxygen atoms in total. The van der Waals surface area contributed by atoms with Gasteiger partial charge in [0.15, 0.2) is 11.6 Å². The van der Waals surface area contributed by atoms with Gasteiger partial charge in [0.05, 0.1) is 6.10 Å². The Morgan fingerprint density at radius 3 is 2.33 bits per heavy atom. The van der Waals surface area contributed by atoms with E-state index in [0.29, 0.717) is 16.7 Å². The fourth-order valence-corrected chi connectivity index (χ4v) is 4.46. The number of rotatable bonds is 5. The number of ether oxygens (including phenoxy) is 1. The number of hydrogen-bond donors (Lipinski definition) is 0. The number of aryl methyl sites for hydroxylation is 1. The number of halogens is 3. The SMILES string of the molecule is CCCCOC1CCC(c2ccc3c(c2F)-c2c-3cc(C)c(F)c2F)CC1. The molecule has 1 saturated carbocycles. The molecule has 2 aliphatic rings. The van der Waals surface area contributed by atoms with E-state index in [1.54, 1.807) is 6.07 Å². The van der Waals surface area contributed by atoms with Crippen LogP contribution in [0.4, 0.5) is 13.2 Å². The summed E-state index contributed by atoms with van der Waals surface area (Å²) in [5.41, 5.74) is 2.53. The molecule has 0 atom stereocenters. The van der Waals surface area contributed by atoms with Gasteiger partial charge < -0.3 is 4.74 Å². The summed E-state index contributed by atoms with van der Waals surface area (Å²) in [6, 6.07) is 5.29. The molecule has 2 aromatic rings. The van der Waals surface area contributed by atoms with Crippen LogP contribution in [0.1, 0.15) is 62.5 Å². The summed E-state index contributed by atoms with van der Waals surface area (Å²) in [6.07, 6.45) is 6.02. The van der Waals surface area contributed by atoms with Crippen LogP contribution in [0.3, 0.4) is 0 Å². The molecule has 0 spiro atoms. The third kappa shape index (κ3) is 3.08. The van der Waals surface area contributed by atoms with Crippen molar-refractivity contribution >= 4 is 0 Å². The van der Waals surface area contributed by atoms with Gasteiger partial charge in [-0.1, -0.05) is 25.5 Å². The molecule has 0 N–H and O–H groups in total. The smallest absolute Gasteiger partial charge is 0.167 e. The standard InChI is InChI=1S/C23H25F3O/c1-3-4-11-27-15-7-5-14(6-8-15)16-9-10-17-18-12-13(2)21(24)23(26)20(18)19(17)22(16)25/h9-10,12,14-15H,3-8,11H2,1-2H3. The van der Waals surface area contributed by atoms with Crippen LogP contribution >= 0.6 is 0 Å². The Balaban J connectivity index is 1.54. The van der Waals surface area contributed by atoms with E-state index in [1.165, 1.54) is 6.92 Å². The second kappa shape index (κ2) is 7.31. The third-order valence-corrected chi connectivity index (χ3v) is 6.07. The van der Waals surface area contributed by atoms with Crippen molar-refractivity contribution < 1.29 is 17.9 Å². The molecule has 0 radical (unpaired) electrons. The van der Waals surface area contributed by atoms with Gasteiger partial charge in [0.25, 0.3) is 0 Å². The molecule has 27 heavy (non-hydrogen) atoms. The number of hydrogen-bond acceptors (Lipinski definition) is 1. The summed E-state index contributed by atoms with van der Waals surface area (Å²) < 4.78 is 49.4. The zero-order chi connectivity index (χ0) is 19.1. The summed E-state index contributed by atoms with van der Waals surface area (Å²) >= 11 is 0. The van der Waals surface area contributed by atoms with Crippen molar-refractivity contribution in [3.05, 3.63) is 46.8 Å². The first-order chi connectivity index (χ1) is 13.0. The Morgan fingerprint density at radius 2 is 1.63 bits per heavy atom. The van der Waals surface area contributed by atoms with Gasteiger partial charge >= 0.3 is 0 Å². The molecule has 1 fully saturated rings. The Morgan fingerprint density at radius 1 is 0.926 bits per heavy atom. The maximum Gasteiger partial charge on any atom is 0.167 e. The van der Waals surface area contributed by atoms with Crippen LogP contribution in [0.2, 0.25) is 0 Å². The van der Waals surface area contributed by atoms with Gasteiger partial charge in [-0.05, 0) is 73.3 Å². The van der Waals surface area contributed by atoms with E-state index in [2.05, 4.69) is 6.92 Å². The highest BCUT2D eigenvalue weighted by molar-refractivity contribution is 6.03. The minimum Gasteiger partial charge on any atom is -0.378 e. The summed E-state index contributed by atoms with van der Waals surface area (Å²) in [6.45, 7) is 4.46. The second-order valence-corrected chi connectivity index (χ2v) is 7.83. The monoisotopic (exact) mass is 374 g/mol. The van der Waals surface area contributed by atoms with Crippen molar-refractivity contribution in [3.63, 3.8) is 0 Å². The molecular formula is C23H25F3O. The van der Waals surface area contributed by atoms with Gasteiger partial charge in [0.2, 0.25) is 0 Å². The lowest BCUT2D eigenvalue weighted by Crippen LogP contribution is -2.22. The molecule has 0 saturated heterocycles. The van der Waals surface area contributed by atoms with Gasteiger partial charge in [0.1, 0.15) is 5.82 Å². The fourth-order valence-electron chi connectivity index (χ4n) is 4.46. The van der Waals surface area contributed by atoms with Gasteiger partial charge in [-0.25, -0.2) is 13.2 Å². The van der Waals surface area contributed by atoms with Crippen LogP contribution in [0, 0.1) is 24.4 Å². The summed E-state index contributed by atoms with van der Waals surface area (Å²) in [7, 11) is 0. The Bertz CT molecular complexity index is 867. The van der Waals surface area contributed by atoms with E-state index in [9.17, 15) is 8.78 Å². The first kappa shape index (κ1) is 18.5. The average Bonchev–Trinajstić information content (AvgIpc) is 2.66. The maximum absolute atomic E-state index is 15.2. The summed E-state index contributed by atoms with van der Waals surface area (Å²) in [5.74, 6) is -2.07. The minimum atomic E-state index is -0.929. The second-order valence-electron chi connectivity index (χ2n) is 7.83. The van der Waals surface area contributed by atoms with Crippen LogP contribution in [0.25, 0.3) is 22.3 Å². The molecule has 144 valence electrons. The van der Waals surface area contributed by atoms with E-state index in [0.717, 1.165) is 45.1 Å². The zero-order valence-electron chi connectivity index (χ0n) is 15.9. The lowest BCUT2D eigenvalue weighted by molar-refractivity contribution is 0.0230. The summed E-state index contributed by atoms with van der Waals surface area (Å²) in [5, 5.41) is 0. The molecule has 0 amide bonds. The molecule has 0 aliphatic heterocycles. The van der Waals surface area contributed by atoms with E-state index in [1.807, 2.05) is 12.1 Å². The predicted octanol–water partition coefficient (Wildman–Crippen LogP) is 6.90. The van der Waals surface area contributed by atoms with Crippen LogP contribution < -0.4 is 0 Å². The van der Waals surface area contributed by atoms with E-state index < -0.39 is 11.6 Å². The molecule has 2 aliphatic carbocycles. The lowest BCUT2D eigenvalue weighted by atomic mass is 9.75. The van der Waals surface area contributed by atoms with Crippen molar-refractivity contribution in [2.45, 2.75) is 64.4 Å². The molecule has 4 rings (SSSR count). The first-order valence-electron chi connectivity index (χ1n) is 9.96. The zero-order valence-corrected chi connectivity index (χ0v) is 15.9. The van der Waals surface area contributed by atoms with E-state index in [4.69, 9.17) is 4.74 Å². The molecule has 2 aromatic carbocycles. The first-order valence-corrected chi connectivity index (χ1v) is 9.96. The van der Waals surface area contributed by atoms with Crippen molar-refractivity contribution in [3.8, 4) is 22.3 Å². The number of unbranched alkanes of at least 4 members (excludes halogenated alkanes) is 1. The third-order valence-electron chi connectivity index (χ3n) is 6.07. The quantitative estimate of drug-likeness (QED) is 0.441. The Labute approximate surface area is 158 Å². The van der Waals surface area contributed by atoms with Gasteiger partial charge in [-0.3, -0.25) is 0 Å². The normalized spacial score (nSPS) is 20.8. The topological polar surface area (TPSA) is 9.23 Å². The fraction of sp³-hybridized carbons (Fsp3) is 0.478. The Kier molecular flexibility index (Phi) is 5.02. The van der Waals surface area contributed by atoms with Crippen LogP contribution in [0.5, 0.6) is 0 Å². The Hall–Kier alpha value is -1.81. The largest absolute Gasteiger partial charge is 0.378 e. The number of fused-ring (bicyclic) bond motifs is 4. The highest BCUT2D eigenvalue weighted by atomic mass is 19.2. The minimum absolute atomic E-state index is 0.101. The van der Waals surface area contributed by atoms with Crippen LogP contribution in [-0.4, -0.2) is 12.7 Å².